The van der Waals surface area contributed by atoms with Crippen LogP contribution in [0.1, 0.15) is 93.3 Å². The molecule has 0 radical (unpaired) electrons. The predicted molar refractivity (Wildman–Crippen MR) is 170 cm³/mol. The summed E-state index contributed by atoms with van der Waals surface area (Å²) in [5.41, 5.74) is 3.50. The van der Waals surface area contributed by atoms with Crippen molar-refractivity contribution in [3.63, 3.8) is 0 Å². The molecule has 0 aliphatic carbocycles. The standard InChI is InChI=1S/C36H40F2N4O4/c1-22-16-27(19-28(17-22)35(45)42-15-9-14-30(42)34-40-23(2)21-46-34)33(44)41-24(3)32(43)31(26-11-6-5-7-12-26)39-20-25-10-8-13-29(18-25)36(4,37)38/h5-8,10-13,16-19,21,24,30-32,39,43H,9,14-15,20H2,1-4H3,(H,41,44). The quantitative estimate of drug-likeness (QED) is 0.177. The lowest BCUT2D eigenvalue weighted by molar-refractivity contribution is 0.0173. The van der Waals surface area contributed by atoms with Gasteiger partial charge in [0, 0.05) is 36.7 Å². The second kappa shape index (κ2) is 13.9. The van der Waals surface area contributed by atoms with E-state index in [0.29, 0.717) is 29.1 Å². The number of aryl methyl sites for hydroxylation is 2. The molecule has 4 aromatic rings. The molecule has 2 amide bonds. The molecule has 3 N–H and O–H groups in total. The smallest absolute Gasteiger partial charge is 0.270 e. The van der Waals surface area contributed by atoms with Crippen LogP contribution in [-0.2, 0) is 12.5 Å². The summed E-state index contributed by atoms with van der Waals surface area (Å²) in [6, 6.07) is 18.8. The molecular weight excluding hydrogens is 590 g/mol. The maximum absolute atomic E-state index is 13.9. The van der Waals surface area contributed by atoms with Crippen molar-refractivity contribution in [2.24, 2.45) is 0 Å². The molecule has 1 aromatic heterocycles. The Bertz CT molecular complexity index is 1670. The topological polar surface area (TPSA) is 108 Å². The highest BCUT2D eigenvalue weighted by molar-refractivity contribution is 6.00. The second-order valence-electron chi connectivity index (χ2n) is 12.2. The first-order valence-corrected chi connectivity index (χ1v) is 15.5. The number of benzene rings is 3. The Labute approximate surface area is 267 Å². The van der Waals surface area contributed by atoms with E-state index < -0.39 is 30.0 Å². The number of likely N-dealkylation sites (tertiary alicyclic amines) is 1. The van der Waals surface area contributed by atoms with E-state index in [1.165, 1.54) is 12.1 Å². The number of aliphatic hydroxyl groups excluding tert-OH is 1. The number of nitrogens with one attached hydrogen (secondary N) is 2. The first-order chi connectivity index (χ1) is 21.9. The number of rotatable bonds is 11. The summed E-state index contributed by atoms with van der Waals surface area (Å²) in [5.74, 6) is -3.11. The van der Waals surface area contributed by atoms with Crippen molar-refractivity contribution < 1.29 is 27.9 Å². The normalized spacial score (nSPS) is 17.0. The summed E-state index contributed by atoms with van der Waals surface area (Å²) in [7, 11) is 0. The maximum Gasteiger partial charge on any atom is 0.270 e. The Morgan fingerprint density at radius 2 is 1.80 bits per heavy atom. The highest BCUT2D eigenvalue weighted by Crippen LogP contribution is 2.33. The van der Waals surface area contributed by atoms with Gasteiger partial charge in [-0.05, 0) is 74.6 Å². The number of halogens is 2. The molecule has 46 heavy (non-hydrogen) atoms. The summed E-state index contributed by atoms with van der Waals surface area (Å²) in [4.78, 5) is 33.3. The first-order valence-electron chi connectivity index (χ1n) is 15.5. The van der Waals surface area contributed by atoms with Gasteiger partial charge < -0.3 is 25.1 Å². The Kier molecular flexibility index (Phi) is 9.98. The number of amides is 2. The van der Waals surface area contributed by atoms with Crippen LogP contribution >= 0.6 is 0 Å². The summed E-state index contributed by atoms with van der Waals surface area (Å²) in [6.07, 6.45) is 2.05. The molecular formula is C36H40F2N4O4. The van der Waals surface area contributed by atoms with Gasteiger partial charge in [0.05, 0.1) is 23.9 Å². The molecule has 1 fully saturated rings. The third kappa shape index (κ3) is 7.68. The fourth-order valence-corrected chi connectivity index (χ4v) is 5.94. The zero-order chi connectivity index (χ0) is 33.0. The predicted octanol–water partition coefficient (Wildman–Crippen LogP) is 6.39. The number of oxazole rings is 1. The minimum Gasteiger partial charge on any atom is -0.446 e. The van der Waals surface area contributed by atoms with Gasteiger partial charge in [0.1, 0.15) is 12.3 Å². The van der Waals surface area contributed by atoms with Crippen LogP contribution < -0.4 is 10.6 Å². The van der Waals surface area contributed by atoms with Gasteiger partial charge in [-0.15, -0.1) is 0 Å². The van der Waals surface area contributed by atoms with Crippen molar-refractivity contribution in [1.29, 1.82) is 0 Å². The molecule has 2 heterocycles. The molecule has 1 aliphatic rings. The number of hydrogen-bond acceptors (Lipinski definition) is 6. The van der Waals surface area contributed by atoms with E-state index >= 15 is 0 Å². The Morgan fingerprint density at radius 1 is 1.07 bits per heavy atom. The lowest BCUT2D eigenvalue weighted by atomic mass is 9.95. The molecule has 0 bridgehead atoms. The van der Waals surface area contributed by atoms with Gasteiger partial charge in [0.25, 0.3) is 17.7 Å². The molecule has 5 rings (SSSR count). The van der Waals surface area contributed by atoms with E-state index in [1.54, 1.807) is 48.4 Å². The Balaban J connectivity index is 1.30. The van der Waals surface area contributed by atoms with Crippen molar-refractivity contribution in [2.75, 3.05) is 6.54 Å². The van der Waals surface area contributed by atoms with Crippen molar-refractivity contribution >= 4 is 11.8 Å². The second-order valence-corrected chi connectivity index (χ2v) is 12.2. The highest BCUT2D eigenvalue weighted by Gasteiger charge is 2.34. The molecule has 1 aliphatic heterocycles. The zero-order valence-corrected chi connectivity index (χ0v) is 26.5. The first kappa shape index (κ1) is 33.0. The van der Waals surface area contributed by atoms with Crippen LogP contribution in [0.2, 0.25) is 0 Å². The largest absolute Gasteiger partial charge is 0.446 e. The number of aromatic nitrogens is 1. The summed E-state index contributed by atoms with van der Waals surface area (Å²) < 4.78 is 33.5. The van der Waals surface area contributed by atoms with Gasteiger partial charge in [-0.2, -0.15) is 0 Å². The van der Waals surface area contributed by atoms with Crippen molar-refractivity contribution in [3.05, 3.63) is 124 Å². The minimum absolute atomic E-state index is 0.0896. The van der Waals surface area contributed by atoms with Gasteiger partial charge in [-0.25, -0.2) is 13.8 Å². The molecule has 0 spiro atoms. The molecule has 4 atom stereocenters. The Hall–Kier alpha value is -4.41. The number of nitrogens with zero attached hydrogens (tertiary/aromatic N) is 2. The number of alkyl halides is 2. The van der Waals surface area contributed by atoms with Crippen LogP contribution in [0.25, 0.3) is 0 Å². The minimum atomic E-state index is -2.97. The van der Waals surface area contributed by atoms with Gasteiger partial charge in [-0.1, -0.05) is 48.5 Å². The molecule has 242 valence electrons. The van der Waals surface area contributed by atoms with Crippen LogP contribution in [0.15, 0.2) is 83.5 Å². The third-order valence-electron chi connectivity index (χ3n) is 8.35. The molecule has 8 nitrogen and oxygen atoms in total. The monoisotopic (exact) mass is 630 g/mol. The van der Waals surface area contributed by atoms with Crippen molar-refractivity contribution in [1.82, 2.24) is 20.5 Å². The molecule has 1 saturated heterocycles. The zero-order valence-electron chi connectivity index (χ0n) is 26.5. The highest BCUT2D eigenvalue weighted by atomic mass is 19.3. The summed E-state index contributed by atoms with van der Waals surface area (Å²) in [6.45, 7) is 7.00. The van der Waals surface area contributed by atoms with E-state index in [4.69, 9.17) is 4.42 Å². The number of carbonyl (C=O) groups is 2. The summed E-state index contributed by atoms with van der Waals surface area (Å²) >= 11 is 0. The maximum atomic E-state index is 13.9. The average molecular weight is 631 g/mol. The van der Waals surface area contributed by atoms with E-state index in [9.17, 15) is 23.5 Å². The van der Waals surface area contributed by atoms with Crippen LogP contribution in [0.4, 0.5) is 8.78 Å². The molecule has 4 unspecified atom stereocenters. The Morgan fingerprint density at radius 3 is 2.50 bits per heavy atom. The van der Waals surface area contributed by atoms with Crippen molar-refractivity contribution in [3.8, 4) is 0 Å². The SMILES string of the molecule is Cc1cc(C(=O)NC(C)C(O)C(NCc2cccc(C(C)(F)F)c2)c2ccccc2)cc(C(=O)N2CCCC2c2nc(C)co2)c1. The third-order valence-corrected chi connectivity index (χ3v) is 8.35. The van der Waals surface area contributed by atoms with Crippen LogP contribution in [0.3, 0.4) is 0 Å². The lowest BCUT2D eigenvalue weighted by Crippen LogP contribution is -2.47. The van der Waals surface area contributed by atoms with E-state index in [0.717, 1.165) is 36.6 Å². The van der Waals surface area contributed by atoms with Gasteiger partial charge >= 0.3 is 0 Å². The number of carbonyl (C=O) groups excluding carboxylic acids is 2. The van der Waals surface area contributed by atoms with Crippen molar-refractivity contribution in [2.45, 2.75) is 77.2 Å². The number of aliphatic hydroxyl groups is 1. The van der Waals surface area contributed by atoms with Crippen LogP contribution in [0.5, 0.6) is 0 Å². The van der Waals surface area contributed by atoms with E-state index in [-0.39, 0.29) is 24.1 Å². The van der Waals surface area contributed by atoms with Gasteiger partial charge in [0.2, 0.25) is 5.89 Å². The van der Waals surface area contributed by atoms with E-state index in [1.807, 2.05) is 44.2 Å². The van der Waals surface area contributed by atoms with Gasteiger partial charge in [-0.3, -0.25) is 9.59 Å². The molecule has 0 saturated carbocycles. The van der Waals surface area contributed by atoms with E-state index in [2.05, 4.69) is 15.6 Å². The summed E-state index contributed by atoms with van der Waals surface area (Å²) in [5, 5.41) is 17.7. The van der Waals surface area contributed by atoms with Crippen LogP contribution in [0, 0.1) is 13.8 Å². The average Bonchev–Trinajstić information content (AvgIpc) is 3.69. The van der Waals surface area contributed by atoms with Crippen LogP contribution in [-0.4, -0.2) is 45.5 Å². The number of hydrogen-bond donors (Lipinski definition) is 3. The van der Waals surface area contributed by atoms with Gasteiger partial charge in [0.15, 0.2) is 0 Å². The fraction of sp³-hybridized carbons (Fsp3) is 0.361. The lowest BCUT2D eigenvalue weighted by Gasteiger charge is -2.30. The fourth-order valence-electron chi connectivity index (χ4n) is 5.94. The molecule has 10 heteroatoms. The molecule has 3 aromatic carbocycles.